The van der Waals surface area contributed by atoms with E-state index in [9.17, 15) is 13.2 Å². The van der Waals surface area contributed by atoms with Crippen LogP contribution in [0.25, 0.3) is 0 Å². The van der Waals surface area contributed by atoms with Crippen molar-refractivity contribution in [3.8, 4) is 0 Å². The number of nitrogens with one attached hydrogen (secondary N) is 1. The summed E-state index contributed by atoms with van der Waals surface area (Å²) in [6.07, 6.45) is 4.45. The van der Waals surface area contributed by atoms with Gasteiger partial charge in [-0.1, -0.05) is 19.1 Å². The molecule has 116 valence electrons. The number of carbonyl (C=O) groups is 1. The number of hydrogen-bond acceptors (Lipinski definition) is 4. The number of sulfone groups is 1. The molecule has 1 amide bonds. The molecule has 22 heavy (non-hydrogen) atoms. The Hall–Kier alpha value is -2.08. The molecule has 1 fully saturated rings. The maximum absolute atomic E-state index is 12.1. The molecule has 0 bridgehead atoms. The van der Waals surface area contributed by atoms with Gasteiger partial charge in [-0.2, -0.15) is 0 Å². The molecule has 1 aliphatic carbocycles. The molecule has 2 aromatic rings. The van der Waals surface area contributed by atoms with Gasteiger partial charge in [0.1, 0.15) is 11.2 Å². The fraction of sp³-hybridized carbons (Fsp3) is 0.312. The number of hydrogen-bond donors (Lipinski definition) is 1. The number of furan rings is 1. The molecule has 0 radical (unpaired) electrons. The van der Waals surface area contributed by atoms with Gasteiger partial charge >= 0.3 is 0 Å². The molecule has 6 heteroatoms. The number of amides is 1. The molecule has 1 saturated carbocycles. The van der Waals surface area contributed by atoms with Crippen LogP contribution in [0.3, 0.4) is 0 Å². The van der Waals surface area contributed by atoms with Crippen LogP contribution < -0.4 is 5.32 Å². The molecule has 0 spiro atoms. The second-order valence-corrected chi connectivity index (χ2v) is 8.03. The quantitative estimate of drug-likeness (QED) is 0.940. The Kier molecular flexibility index (Phi) is 3.36. The summed E-state index contributed by atoms with van der Waals surface area (Å²) in [5, 5.41) is 2.74. The lowest BCUT2D eigenvalue weighted by Crippen LogP contribution is -2.11. The zero-order valence-electron chi connectivity index (χ0n) is 12.4. The molecular weight excluding hydrogens is 302 g/mol. The minimum atomic E-state index is -3.38. The van der Waals surface area contributed by atoms with Crippen LogP contribution in [-0.4, -0.2) is 20.6 Å². The summed E-state index contributed by atoms with van der Waals surface area (Å²) in [4.78, 5) is 12.1. The maximum atomic E-state index is 12.1. The highest BCUT2D eigenvalue weighted by atomic mass is 32.2. The monoisotopic (exact) mass is 319 g/mol. The molecule has 5 nitrogen and oxygen atoms in total. The van der Waals surface area contributed by atoms with E-state index in [0.29, 0.717) is 5.69 Å². The van der Waals surface area contributed by atoms with Crippen LogP contribution in [-0.2, 0) is 15.3 Å². The van der Waals surface area contributed by atoms with Gasteiger partial charge in [-0.3, -0.25) is 4.79 Å². The fourth-order valence-electron chi connectivity index (χ4n) is 2.27. The van der Waals surface area contributed by atoms with Crippen LogP contribution in [0.1, 0.15) is 35.9 Å². The molecule has 0 aliphatic heterocycles. The lowest BCUT2D eigenvalue weighted by molar-refractivity contribution is 0.0996. The van der Waals surface area contributed by atoms with Crippen molar-refractivity contribution in [3.05, 3.63) is 47.9 Å². The van der Waals surface area contributed by atoms with Crippen molar-refractivity contribution in [1.29, 1.82) is 0 Å². The van der Waals surface area contributed by atoms with Gasteiger partial charge in [0, 0.05) is 18.0 Å². The topological polar surface area (TPSA) is 76.4 Å². The largest absolute Gasteiger partial charge is 0.458 e. The average molecular weight is 319 g/mol. The summed E-state index contributed by atoms with van der Waals surface area (Å²) in [5.41, 5.74) is 2.09. The molecule has 1 aromatic carbocycles. The number of carbonyl (C=O) groups excluding carboxylic acids is 1. The first-order chi connectivity index (χ1) is 10.3. The standard InChI is InChI=1S/C16H17NO4S/c1-16(6-7-16)11-4-3-5-12(8-11)17-15(18)14-9-13(10-21-14)22(2,19)20/h3-5,8-10H,6-7H2,1-2H3,(H,17,18). The van der Waals surface area contributed by atoms with Crippen LogP contribution in [0.4, 0.5) is 5.69 Å². The lowest BCUT2D eigenvalue weighted by atomic mass is 9.98. The smallest absolute Gasteiger partial charge is 0.291 e. The van der Waals surface area contributed by atoms with E-state index in [1.807, 2.05) is 12.1 Å². The third kappa shape index (κ3) is 2.92. The van der Waals surface area contributed by atoms with Gasteiger partial charge in [-0.25, -0.2) is 8.42 Å². The van der Waals surface area contributed by atoms with E-state index in [0.717, 1.165) is 25.4 Å². The predicted octanol–water partition coefficient (Wildman–Crippen LogP) is 2.99. The molecule has 1 aromatic heterocycles. The summed E-state index contributed by atoms with van der Waals surface area (Å²) < 4.78 is 27.8. The van der Waals surface area contributed by atoms with Crippen molar-refractivity contribution >= 4 is 21.4 Å². The third-order valence-corrected chi connectivity index (χ3v) is 5.12. The van der Waals surface area contributed by atoms with Gasteiger partial charge in [-0.15, -0.1) is 0 Å². The number of anilines is 1. The third-order valence-electron chi connectivity index (χ3n) is 4.04. The molecule has 0 saturated heterocycles. The van der Waals surface area contributed by atoms with Gasteiger partial charge in [0.05, 0.1) is 0 Å². The number of rotatable bonds is 4. The summed E-state index contributed by atoms with van der Waals surface area (Å²) in [6, 6.07) is 8.94. The van der Waals surface area contributed by atoms with Gasteiger partial charge in [0.15, 0.2) is 15.6 Å². The van der Waals surface area contributed by atoms with Gasteiger partial charge < -0.3 is 9.73 Å². The zero-order valence-corrected chi connectivity index (χ0v) is 13.2. The van der Waals surface area contributed by atoms with E-state index in [-0.39, 0.29) is 16.1 Å². The summed E-state index contributed by atoms with van der Waals surface area (Å²) in [5.74, 6) is -0.489. The molecular formula is C16H17NO4S. The van der Waals surface area contributed by atoms with Crippen molar-refractivity contribution in [2.24, 2.45) is 0 Å². The van der Waals surface area contributed by atoms with Crippen LogP contribution >= 0.6 is 0 Å². The highest BCUT2D eigenvalue weighted by Gasteiger charge is 2.38. The second-order valence-electron chi connectivity index (χ2n) is 6.01. The first kappa shape index (κ1) is 14.8. The highest BCUT2D eigenvalue weighted by molar-refractivity contribution is 7.90. The van der Waals surface area contributed by atoms with Gasteiger partial charge in [0.25, 0.3) is 5.91 Å². The van der Waals surface area contributed by atoms with Crippen LogP contribution in [0.5, 0.6) is 0 Å². The molecule has 0 unspecified atom stereocenters. The molecule has 1 N–H and O–H groups in total. The Morgan fingerprint density at radius 2 is 2.00 bits per heavy atom. The van der Waals surface area contributed by atoms with E-state index >= 15 is 0 Å². The molecule has 1 heterocycles. The van der Waals surface area contributed by atoms with Crippen molar-refractivity contribution in [1.82, 2.24) is 0 Å². The first-order valence-corrected chi connectivity index (χ1v) is 8.88. The maximum Gasteiger partial charge on any atom is 0.291 e. The molecule has 1 aliphatic rings. The van der Waals surface area contributed by atoms with Crippen molar-refractivity contribution in [3.63, 3.8) is 0 Å². The van der Waals surface area contributed by atoms with Gasteiger partial charge in [-0.05, 0) is 36.0 Å². The van der Waals surface area contributed by atoms with Crippen LogP contribution in [0, 0.1) is 0 Å². The Morgan fingerprint density at radius 1 is 1.27 bits per heavy atom. The van der Waals surface area contributed by atoms with Gasteiger partial charge in [0.2, 0.25) is 0 Å². The Labute approximate surface area is 129 Å². The average Bonchev–Trinajstić information content (AvgIpc) is 3.02. The minimum Gasteiger partial charge on any atom is -0.458 e. The Bertz CT molecular complexity index is 831. The van der Waals surface area contributed by atoms with E-state index in [1.54, 1.807) is 6.07 Å². The molecule has 0 atom stereocenters. The Balaban J connectivity index is 1.78. The van der Waals surface area contributed by atoms with Crippen molar-refractivity contribution < 1.29 is 17.6 Å². The minimum absolute atomic E-state index is 0.00288. The lowest BCUT2D eigenvalue weighted by Gasteiger charge is -2.11. The highest BCUT2D eigenvalue weighted by Crippen LogP contribution is 2.47. The van der Waals surface area contributed by atoms with E-state index < -0.39 is 15.7 Å². The van der Waals surface area contributed by atoms with Crippen LogP contribution in [0.15, 0.2) is 45.9 Å². The zero-order chi connectivity index (χ0) is 16.0. The number of benzene rings is 1. The predicted molar refractivity (Wildman–Crippen MR) is 82.8 cm³/mol. The second kappa shape index (κ2) is 4.98. The van der Waals surface area contributed by atoms with E-state index in [1.165, 1.54) is 11.6 Å². The summed E-state index contributed by atoms with van der Waals surface area (Å²) in [6.45, 7) is 2.19. The van der Waals surface area contributed by atoms with Crippen molar-refractivity contribution in [2.75, 3.05) is 11.6 Å². The summed E-state index contributed by atoms with van der Waals surface area (Å²) in [7, 11) is -3.38. The fourth-order valence-corrected chi connectivity index (χ4v) is 2.82. The first-order valence-electron chi connectivity index (χ1n) is 6.98. The normalized spacial score (nSPS) is 16.3. The van der Waals surface area contributed by atoms with Crippen molar-refractivity contribution in [2.45, 2.75) is 30.1 Å². The molecule has 3 rings (SSSR count). The van der Waals surface area contributed by atoms with E-state index in [2.05, 4.69) is 18.3 Å². The Morgan fingerprint density at radius 3 is 2.59 bits per heavy atom. The SMILES string of the molecule is CC1(c2cccc(NC(=O)c3cc(S(C)(=O)=O)co3)c2)CC1. The van der Waals surface area contributed by atoms with Crippen LogP contribution in [0.2, 0.25) is 0 Å². The summed E-state index contributed by atoms with van der Waals surface area (Å²) >= 11 is 0. The van der Waals surface area contributed by atoms with E-state index in [4.69, 9.17) is 4.42 Å².